The van der Waals surface area contributed by atoms with Crippen LogP contribution >= 0.6 is 11.8 Å². The maximum atomic E-state index is 12.3. The van der Waals surface area contributed by atoms with Gasteiger partial charge in [0.15, 0.2) is 0 Å². The molecular weight excluding hydrogens is 414 g/mol. The Kier molecular flexibility index (Phi) is 13.7. The highest BCUT2D eigenvalue weighted by Crippen LogP contribution is 2.29. The van der Waals surface area contributed by atoms with Gasteiger partial charge in [0.05, 0.1) is 11.6 Å². The predicted octanol–water partition coefficient (Wildman–Crippen LogP) is 6.06. The minimum absolute atomic E-state index is 0.00860. The van der Waals surface area contributed by atoms with E-state index in [1.165, 1.54) is 0 Å². The molecule has 3 N–H and O–H groups in total. The van der Waals surface area contributed by atoms with E-state index >= 15 is 0 Å². The molecule has 1 amide bonds. The van der Waals surface area contributed by atoms with Crippen molar-refractivity contribution in [2.75, 3.05) is 11.1 Å². The maximum absolute atomic E-state index is 12.3. The number of carbonyl (C=O) groups is 3. The lowest BCUT2D eigenvalue weighted by molar-refractivity contribution is -0.141. The quantitative estimate of drug-likeness (QED) is 0.196. The van der Waals surface area contributed by atoms with Gasteiger partial charge in [0.1, 0.15) is 0 Å². The minimum atomic E-state index is -0.789. The Morgan fingerprint density at radius 2 is 1.55 bits per heavy atom. The lowest BCUT2D eigenvalue weighted by Gasteiger charge is -2.13. The van der Waals surface area contributed by atoms with Crippen molar-refractivity contribution in [1.82, 2.24) is 0 Å². The number of anilines is 1. The number of carbonyl (C=O) groups excluding carboxylic acids is 1. The lowest BCUT2D eigenvalue weighted by atomic mass is 10.0. The van der Waals surface area contributed by atoms with E-state index in [-0.39, 0.29) is 24.2 Å². The highest BCUT2D eigenvalue weighted by Gasteiger charge is 2.12. The Labute approximate surface area is 190 Å². The number of benzene rings is 1. The second-order valence-electron chi connectivity index (χ2n) is 8.31. The number of nitrogens with one attached hydrogen (secondary N) is 1. The molecule has 0 heterocycles. The van der Waals surface area contributed by atoms with Crippen LogP contribution in [0.15, 0.2) is 29.2 Å². The normalized spacial score (nSPS) is 12.8. The maximum Gasteiger partial charge on any atom is 0.306 e. The van der Waals surface area contributed by atoms with Gasteiger partial charge in [-0.25, -0.2) is 0 Å². The molecule has 0 radical (unpaired) electrons. The zero-order chi connectivity index (χ0) is 23.1. The summed E-state index contributed by atoms with van der Waals surface area (Å²) in [5.41, 5.74) is 0.788. The van der Waals surface area contributed by atoms with Crippen LogP contribution in [0, 0.1) is 11.8 Å². The van der Waals surface area contributed by atoms with Crippen molar-refractivity contribution in [2.45, 2.75) is 83.0 Å². The van der Waals surface area contributed by atoms with Crippen LogP contribution in [0.4, 0.5) is 5.69 Å². The third kappa shape index (κ3) is 13.1. The van der Waals surface area contributed by atoms with Gasteiger partial charge in [-0.1, -0.05) is 64.5 Å². The summed E-state index contributed by atoms with van der Waals surface area (Å²) in [4.78, 5) is 34.8. The Balaban J connectivity index is 2.20. The van der Waals surface area contributed by atoms with E-state index in [2.05, 4.69) is 5.32 Å². The molecule has 0 aromatic heterocycles. The summed E-state index contributed by atoms with van der Waals surface area (Å²) in [7, 11) is 0. The first kappa shape index (κ1) is 27.0. The van der Waals surface area contributed by atoms with E-state index in [0.29, 0.717) is 12.2 Å². The molecule has 0 saturated carbocycles. The average molecular weight is 452 g/mol. The molecule has 0 fully saturated rings. The van der Waals surface area contributed by atoms with E-state index in [1.807, 2.05) is 31.2 Å². The second-order valence-corrected chi connectivity index (χ2v) is 9.37. The molecule has 0 spiro atoms. The number of amides is 1. The van der Waals surface area contributed by atoms with Gasteiger partial charge in [0.25, 0.3) is 0 Å². The van der Waals surface area contributed by atoms with Gasteiger partial charge in [-0.15, -0.1) is 11.8 Å². The molecule has 1 aromatic carbocycles. The van der Waals surface area contributed by atoms with Crippen LogP contribution in [0.5, 0.6) is 0 Å². The van der Waals surface area contributed by atoms with Crippen LogP contribution in [-0.2, 0) is 14.4 Å². The van der Waals surface area contributed by atoms with E-state index in [4.69, 9.17) is 10.2 Å². The number of hydrogen-bond donors (Lipinski definition) is 3. The fraction of sp³-hybridized carbons (Fsp3) is 0.625. The number of unbranched alkanes of at least 4 members (excludes halogenated alkanes) is 6. The molecule has 0 aliphatic carbocycles. The van der Waals surface area contributed by atoms with Crippen LogP contribution < -0.4 is 5.32 Å². The summed E-state index contributed by atoms with van der Waals surface area (Å²) in [5.74, 6) is -1.000. The van der Waals surface area contributed by atoms with Crippen molar-refractivity contribution in [2.24, 2.45) is 11.8 Å². The SMILES string of the molecule is CC(CSc1ccccc1NC(=O)CCCCCCCCCC(C)C(=O)O)CC(=O)O. The fourth-order valence-corrected chi connectivity index (χ4v) is 4.27. The highest BCUT2D eigenvalue weighted by molar-refractivity contribution is 7.99. The number of hydrogen-bond acceptors (Lipinski definition) is 4. The molecule has 1 aromatic rings. The highest BCUT2D eigenvalue weighted by atomic mass is 32.2. The zero-order valence-corrected chi connectivity index (χ0v) is 19.6. The summed E-state index contributed by atoms with van der Waals surface area (Å²) in [5, 5.41) is 20.7. The van der Waals surface area contributed by atoms with Crippen LogP contribution in [0.3, 0.4) is 0 Å². The third-order valence-corrected chi connectivity index (χ3v) is 6.57. The monoisotopic (exact) mass is 451 g/mol. The number of rotatable bonds is 17. The molecule has 174 valence electrons. The van der Waals surface area contributed by atoms with Crippen molar-refractivity contribution in [3.05, 3.63) is 24.3 Å². The van der Waals surface area contributed by atoms with E-state index < -0.39 is 11.9 Å². The molecule has 31 heavy (non-hydrogen) atoms. The molecule has 0 aliphatic heterocycles. The third-order valence-electron chi connectivity index (χ3n) is 5.17. The summed E-state index contributed by atoms with van der Waals surface area (Å²) in [6.45, 7) is 3.67. The molecule has 1 rings (SSSR count). The number of carboxylic acids is 2. The van der Waals surface area contributed by atoms with Crippen molar-refractivity contribution < 1.29 is 24.6 Å². The summed E-state index contributed by atoms with van der Waals surface area (Å²) in [6.07, 6.45) is 8.60. The first-order valence-corrected chi connectivity index (χ1v) is 12.2. The van der Waals surface area contributed by atoms with E-state index in [9.17, 15) is 14.4 Å². The Morgan fingerprint density at radius 1 is 0.935 bits per heavy atom. The predicted molar refractivity (Wildman–Crippen MR) is 126 cm³/mol. The number of aliphatic carboxylic acids is 2. The van der Waals surface area contributed by atoms with Gasteiger partial charge >= 0.3 is 11.9 Å². The van der Waals surface area contributed by atoms with Crippen molar-refractivity contribution >= 4 is 35.3 Å². The van der Waals surface area contributed by atoms with Gasteiger partial charge < -0.3 is 15.5 Å². The first-order chi connectivity index (χ1) is 14.8. The molecule has 0 aliphatic rings. The van der Waals surface area contributed by atoms with Gasteiger partial charge in [-0.3, -0.25) is 14.4 Å². The van der Waals surface area contributed by atoms with E-state index in [0.717, 1.165) is 61.9 Å². The summed E-state index contributed by atoms with van der Waals surface area (Å²) < 4.78 is 0. The standard InChI is InChI=1S/C24H37NO5S/c1-18(16-23(27)28)17-31-21-14-11-10-13-20(21)25-22(26)15-9-7-5-3-4-6-8-12-19(2)24(29)30/h10-11,13-14,18-19H,3-9,12,15-17H2,1-2H3,(H,25,26)(H,27,28)(H,29,30). The minimum Gasteiger partial charge on any atom is -0.481 e. The molecule has 0 saturated heterocycles. The first-order valence-electron chi connectivity index (χ1n) is 11.3. The van der Waals surface area contributed by atoms with Crippen LogP contribution in [0.2, 0.25) is 0 Å². The lowest BCUT2D eigenvalue weighted by Crippen LogP contribution is -2.12. The molecule has 2 unspecified atom stereocenters. The average Bonchev–Trinajstić information content (AvgIpc) is 2.71. The molecular formula is C24H37NO5S. The smallest absolute Gasteiger partial charge is 0.306 e. The molecule has 0 bridgehead atoms. The second kappa shape index (κ2) is 15.7. The molecule has 6 nitrogen and oxygen atoms in total. The van der Waals surface area contributed by atoms with Crippen LogP contribution in [-0.4, -0.2) is 33.8 Å². The van der Waals surface area contributed by atoms with Crippen molar-refractivity contribution in [3.8, 4) is 0 Å². The van der Waals surface area contributed by atoms with Gasteiger partial charge in [0, 0.05) is 23.5 Å². The van der Waals surface area contributed by atoms with E-state index in [1.54, 1.807) is 18.7 Å². The Morgan fingerprint density at radius 3 is 2.19 bits per heavy atom. The van der Waals surface area contributed by atoms with Crippen LogP contribution in [0.1, 0.15) is 78.1 Å². The molecule has 7 heteroatoms. The van der Waals surface area contributed by atoms with Gasteiger partial charge in [0.2, 0.25) is 5.91 Å². The topological polar surface area (TPSA) is 104 Å². The van der Waals surface area contributed by atoms with Crippen LogP contribution in [0.25, 0.3) is 0 Å². The Hall–Kier alpha value is -2.02. The largest absolute Gasteiger partial charge is 0.481 e. The van der Waals surface area contributed by atoms with Crippen molar-refractivity contribution in [1.29, 1.82) is 0 Å². The number of carboxylic acid groups (broad SMARTS) is 2. The molecule has 2 atom stereocenters. The van der Waals surface area contributed by atoms with Gasteiger partial charge in [-0.2, -0.15) is 0 Å². The Bertz CT molecular complexity index is 694. The zero-order valence-electron chi connectivity index (χ0n) is 18.8. The number of thioether (sulfide) groups is 1. The summed E-state index contributed by atoms with van der Waals surface area (Å²) >= 11 is 1.57. The fourth-order valence-electron chi connectivity index (χ4n) is 3.24. The number of para-hydroxylation sites is 1. The van der Waals surface area contributed by atoms with Crippen molar-refractivity contribution in [3.63, 3.8) is 0 Å². The summed E-state index contributed by atoms with van der Waals surface area (Å²) in [6, 6.07) is 7.64. The van der Waals surface area contributed by atoms with Gasteiger partial charge in [-0.05, 0) is 30.9 Å².